The van der Waals surface area contributed by atoms with Crippen molar-refractivity contribution in [2.75, 3.05) is 0 Å². The van der Waals surface area contributed by atoms with Gasteiger partial charge in [0.2, 0.25) is 0 Å². The first kappa shape index (κ1) is 29.1. The van der Waals surface area contributed by atoms with E-state index in [2.05, 4.69) is 152 Å². The van der Waals surface area contributed by atoms with Gasteiger partial charge in [-0.1, -0.05) is 140 Å². The van der Waals surface area contributed by atoms with Crippen LogP contribution in [-0.4, -0.2) is 9.97 Å². The van der Waals surface area contributed by atoms with E-state index in [0.29, 0.717) is 5.82 Å². The molecule has 0 unspecified atom stereocenters. The van der Waals surface area contributed by atoms with E-state index in [-0.39, 0.29) is 0 Å². The van der Waals surface area contributed by atoms with Gasteiger partial charge in [-0.3, -0.25) is 0 Å². The molecule has 3 heterocycles. The summed E-state index contributed by atoms with van der Waals surface area (Å²) in [6.07, 6.45) is 0. The predicted molar refractivity (Wildman–Crippen MR) is 219 cm³/mol. The van der Waals surface area contributed by atoms with Crippen LogP contribution < -0.4 is 0 Å². The van der Waals surface area contributed by atoms with Crippen molar-refractivity contribution >= 4 is 75.1 Å². The van der Waals surface area contributed by atoms with Crippen LogP contribution in [0.15, 0.2) is 174 Å². The summed E-state index contributed by atoms with van der Waals surface area (Å²) in [6, 6.07) is 60.2. The van der Waals surface area contributed by atoms with Crippen LogP contribution in [0.3, 0.4) is 0 Å². The zero-order valence-corrected chi connectivity index (χ0v) is 28.7. The topological polar surface area (TPSA) is 38.9 Å². The first-order valence-corrected chi connectivity index (χ1v) is 18.3. The molecule has 0 fully saturated rings. The second kappa shape index (κ2) is 11.5. The molecule has 242 valence electrons. The Kier molecular flexibility index (Phi) is 6.42. The third kappa shape index (κ3) is 4.51. The van der Waals surface area contributed by atoms with Crippen molar-refractivity contribution in [2.24, 2.45) is 0 Å². The molecule has 3 nitrogen and oxygen atoms in total. The number of hydrogen-bond acceptors (Lipinski definition) is 4. The summed E-state index contributed by atoms with van der Waals surface area (Å²) in [5.74, 6) is 0.688. The predicted octanol–water partition coefficient (Wildman–Crippen LogP) is 13.7. The van der Waals surface area contributed by atoms with Gasteiger partial charge >= 0.3 is 0 Å². The molecule has 11 rings (SSSR count). The third-order valence-corrected chi connectivity index (χ3v) is 11.5. The summed E-state index contributed by atoms with van der Waals surface area (Å²) >= 11 is 1.75. The average Bonchev–Trinajstić information content (AvgIpc) is 3.79. The molecule has 0 saturated heterocycles. The SMILES string of the molecule is c1ccc(-c2nc(-c3cc(-c4ccc(-c5cc6ccccc6c6ccccc56)cc4)cc4oc5ccccc5c34)nc3c2sc2ccccc23)cc1. The summed E-state index contributed by atoms with van der Waals surface area (Å²) in [5.41, 5.74) is 10.2. The largest absolute Gasteiger partial charge is 0.456 e. The second-order valence-electron chi connectivity index (χ2n) is 13.3. The number of aromatic nitrogens is 2. The van der Waals surface area contributed by atoms with Crippen LogP contribution in [0.2, 0.25) is 0 Å². The van der Waals surface area contributed by atoms with Crippen molar-refractivity contribution in [3.63, 3.8) is 0 Å². The number of benzene rings is 8. The van der Waals surface area contributed by atoms with Crippen LogP contribution in [0.5, 0.6) is 0 Å². The number of thiophene rings is 1. The third-order valence-electron chi connectivity index (χ3n) is 10.3. The quantitative estimate of drug-likeness (QED) is 0.174. The van der Waals surface area contributed by atoms with Crippen LogP contribution in [0.1, 0.15) is 0 Å². The minimum atomic E-state index is 0.688. The van der Waals surface area contributed by atoms with Crippen molar-refractivity contribution in [1.82, 2.24) is 9.97 Å². The maximum atomic E-state index is 6.56. The van der Waals surface area contributed by atoms with E-state index in [1.165, 1.54) is 37.4 Å². The monoisotopic (exact) mass is 680 g/mol. The highest BCUT2D eigenvalue weighted by molar-refractivity contribution is 7.26. The van der Waals surface area contributed by atoms with Gasteiger partial charge in [-0.2, -0.15) is 0 Å². The Labute approximate surface area is 303 Å². The van der Waals surface area contributed by atoms with Gasteiger partial charge in [-0.15, -0.1) is 11.3 Å². The lowest BCUT2D eigenvalue weighted by Crippen LogP contribution is -1.95. The van der Waals surface area contributed by atoms with Crippen LogP contribution in [0, 0.1) is 0 Å². The number of para-hydroxylation sites is 1. The highest BCUT2D eigenvalue weighted by Gasteiger charge is 2.21. The number of rotatable bonds is 4. The zero-order chi connectivity index (χ0) is 34.2. The highest BCUT2D eigenvalue weighted by atomic mass is 32.1. The van der Waals surface area contributed by atoms with E-state index < -0.39 is 0 Å². The smallest absolute Gasteiger partial charge is 0.161 e. The molecule has 8 aromatic carbocycles. The van der Waals surface area contributed by atoms with Crippen molar-refractivity contribution in [3.8, 4) is 44.9 Å². The lowest BCUT2D eigenvalue weighted by molar-refractivity contribution is 0.669. The maximum Gasteiger partial charge on any atom is 0.161 e. The van der Waals surface area contributed by atoms with E-state index in [1.807, 2.05) is 18.2 Å². The fourth-order valence-corrected chi connectivity index (χ4v) is 8.99. The van der Waals surface area contributed by atoms with Gasteiger partial charge in [0, 0.05) is 32.0 Å². The Morgan fingerprint density at radius 2 is 1.10 bits per heavy atom. The minimum Gasteiger partial charge on any atom is -0.456 e. The summed E-state index contributed by atoms with van der Waals surface area (Å²) in [7, 11) is 0. The Balaban J connectivity index is 1.13. The molecular weight excluding hydrogens is 653 g/mol. The molecule has 4 heteroatoms. The lowest BCUT2D eigenvalue weighted by atomic mass is 9.92. The molecule has 3 aromatic heterocycles. The van der Waals surface area contributed by atoms with Gasteiger partial charge < -0.3 is 4.42 Å². The Morgan fingerprint density at radius 1 is 0.423 bits per heavy atom. The number of nitrogens with zero attached hydrogens (tertiary/aromatic N) is 2. The molecular formula is C48H28N2OS. The molecule has 11 aromatic rings. The van der Waals surface area contributed by atoms with Crippen LogP contribution in [0.25, 0.3) is 109 Å². The summed E-state index contributed by atoms with van der Waals surface area (Å²) < 4.78 is 8.86. The number of fused-ring (bicyclic) bond motifs is 9. The van der Waals surface area contributed by atoms with Gasteiger partial charge in [0.05, 0.1) is 15.9 Å². The van der Waals surface area contributed by atoms with Gasteiger partial charge in [0.1, 0.15) is 11.2 Å². The minimum absolute atomic E-state index is 0.688. The van der Waals surface area contributed by atoms with E-state index in [9.17, 15) is 0 Å². The lowest BCUT2D eigenvalue weighted by Gasteiger charge is -2.13. The molecule has 0 amide bonds. The van der Waals surface area contributed by atoms with Crippen molar-refractivity contribution < 1.29 is 4.42 Å². The average molecular weight is 681 g/mol. The van der Waals surface area contributed by atoms with E-state index in [4.69, 9.17) is 14.4 Å². The normalized spacial score (nSPS) is 11.8. The van der Waals surface area contributed by atoms with E-state index >= 15 is 0 Å². The van der Waals surface area contributed by atoms with Crippen molar-refractivity contribution in [3.05, 3.63) is 170 Å². The first-order valence-electron chi connectivity index (χ1n) is 17.5. The van der Waals surface area contributed by atoms with Crippen LogP contribution in [0.4, 0.5) is 0 Å². The van der Waals surface area contributed by atoms with Crippen molar-refractivity contribution in [2.45, 2.75) is 0 Å². The molecule has 0 atom stereocenters. The van der Waals surface area contributed by atoms with Crippen molar-refractivity contribution in [1.29, 1.82) is 0 Å². The molecule has 0 saturated carbocycles. The summed E-state index contributed by atoms with van der Waals surface area (Å²) in [4.78, 5) is 10.7. The van der Waals surface area contributed by atoms with Crippen LogP contribution >= 0.6 is 11.3 Å². The van der Waals surface area contributed by atoms with Crippen LogP contribution in [-0.2, 0) is 0 Å². The first-order chi connectivity index (χ1) is 25.8. The Morgan fingerprint density at radius 3 is 1.94 bits per heavy atom. The fraction of sp³-hybridized carbons (Fsp3) is 0. The van der Waals surface area contributed by atoms with Gasteiger partial charge in [0.15, 0.2) is 5.82 Å². The molecule has 0 aliphatic rings. The Hall–Kier alpha value is -6.62. The second-order valence-corrected chi connectivity index (χ2v) is 14.4. The number of hydrogen-bond donors (Lipinski definition) is 0. The van der Waals surface area contributed by atoms with E-state index in [1.54, 1.807) is 11.3 Å². The van der Waals surface area contributed by atoms with Gasteiger partial charge in [-0.25, -0.2) is 9.97 Å². The molecule has 0 aliphatic heterocycles. The summed E-state index contributed by atoms with van der Waals surface area (Å²) in [6.45, 7) is 0. The Bertz CT molecular complexity index is 3180. The standard InChI is InChI=1S/C48H28N2OS/c1-2-12-31(13-3-1)45-47-46(38-19-9-11-21-43(38)52-47)50-48(49-45)40-27-33(28-42-44(40)37-18-8-10-20-41(37)51-42)29-22-24-30(25-23-29)39-26-32-14-4-5-15-34(32)35-16-6-7-17-36(35)39/h1-28H. The number of furan rings is 1. The highest BCUT2D eigenvalue weighted by Crippen LogP contribution is 2.44. The fourth-order valence-electron chi connectivity index (χ4n) is 7.84. The molecule has 0 radical (unpaired) electrons. The molecule has 52 heavy (non-hydrogen) atoms. The van der Waals surface area contributed by atoms with E-state index in [0.717, 1.165) is 65.5 Å². The maximum absolute atomic E-state index is 6.56. The molecule has 0 aliphatic carbocycles. The molecule has 0 spiro atoms. The summed E-state index contributed by atoms with van der Waals surface area (Å²) in [5, 5.41) is 8.26. The molecule has 0 bridgehead atoms. The zero-order valence-electron chi connectivity index (χ0n) is 27.9. The van der Waals surface area contributed by atoms with Gasteiger partial charge in [0.25, 0.3) is 0 Å². The van der Waals surface area contributed by atoms with Gasteiger partial charge in [-0.05, 0) is 74.1 Å². The molecule has 0 N–H and O–H groups in total.